The van der Waals surface area contributed by atoms with Crippen LogP contribution in [0.15, 0.2) is 16.9 Å². The Morgan fingerprint density at radius 1 is 1.67 bits per heavy atom. The zero-order valence-corrected chi connectivity index (χ0v) is 9.94. The number of rotatable bonds is 2. The monoisotopic (exact) mass is 272 g/mol. The van der Waals surface area contributed by atoms with Gasteiger partial charge < -0.3 is 9.42 Å². The topological polar surface area (TPSA) is 46.3 Å². The van der Waals surface area contributed by atoms with Crippen molar-refractivity contribution in [2.45, 2.75) is 25.3 Å². The average molecular weight is 273 g/mol. The summed E-state index contributed by atoms with van der Waals surface area (Å²) < 4.78 is 4.69. The van der Waals surface area contributed by atoms with E-state index in [0.29, 0.717) is 11.7 Å². The predicted octanol–water partition coefficient (Wildman–Crippen LogP) is 2.06. The Kier molecular flexibility index (Phi) is 3.41. The summed E-state index contributed by atoms with van der Waals surface area (Å²) in [6.45, 7) is 0.821. The van der Waals surface area contributed by atoms with Crippen molar-refractivity contribution in [3.8, 4) is 0 Å². The van der Waals surface area contributed by atoms with Crippen molar-refractivity contribution in [3.05, 3.63) is 18.0 Å². The summed E-state index contributed by atoms with van der Waals surface area (Å²) in [6.07, 6.45) is 4.76. The van der Waals surface area contributed by atoms with Crippen LogP contribution in [-0.2, 0) is 0 Å². The zero-order valence-electron chi connectivity index (χ0n) is 8.36. The molecule has 1 atom stereocenters. The molecule has 0 saturated carbocycles. The second-order valence-electron chi connectivity index (χ2n) is 3.69. The maximum Gasteiger partial charge on any atom is 0.276 e. The van der Waals surface area contributed by atoms with Crippen LogP contribution in [0.3, 0.4) is 0 Å². The number of aromatic nitrogens is 1. The van der Waals surface area contributed by atoms with E-state index in [0.717, 1.165) is 24.7 Å². The molecule has 0 aliphatic carbocycles. The standard InChI is InChI=1S/C10H13BrN2O2/c11-7-8-3-1-2-5-13(8)10(14)9-4-6-15-12-9/h4,6,8H,1-3,5,7H2. The van der Waals surface area contributed by atoms with E-state index in [9.17, 15) is 4.79 Å². The second-order valence-corrected chi connectivity index (χ2v) is 4.33. The fourth-order valence-electron chi connectivity index (χ4n) is 1.90. The Bertz CT molecular complexity index is 326. The molecule has 0 spiro atoms. The minimum Gasteiger partial charge on any atom is -0.364 e. The number of alkyl halides is 1. The molecule has 0 aromatic carbocycles. The molecular weight excluding hydrogens is 260 g/mol. The van der Waals surface area contributed by atoms with Gasteiger partial charge in [-0.1, -0.05) is 21.1 Å². The normalized spacial score (nSPS) is 21.7. The lowest BCUT2D eigenvalue weighted by Gasteiger charge is -2.34. The van der Waals surface area contributed by atoms with E-state index in [1.54, 1.807) is 6.07 Å². The highest BCUT2D eigenvalue weighted by Gasteiger charge is 2.27. The van der Waals surface area contributed by atoms with Crippen molar-refractivity contribution < 1.29 is 9.32 Å². The molecule has 1 fully saturated rings. The summed E-state index contributed by atoms with van der Waals surface area (Å²) in [5.74, 6) is -0.0205. The number of piperidine rings is 1. The van der Waals surface area contributed by atoms with E-state index in [1.165, 1.54) is 12.7 Å². The molecule has 4 nitrogen and oxygen atoms in total. The van der Waals surface area contributed by atoms with Crippen LogP contribution in [0.25, 0.3) is 0 Å². The highest BCUT2D eigenvalue weighted by Crippen LogP contribution is 2.20. The van der Waals surface area contributed by atoms with Gasteiger partial charge in [0.05, 0.1) is 0 Å². The molecule has 2 rings (SSSR count). The van der Waals surface area contributed by atoms with Crippen molar-refractivity contribution in [1.82, 2.24) is 10.1 Å². The van der Waals surface area contributed by atoms with Crippen molar-refractivity contribution in [1.29, 1.82) is 0 Å². The van der Waals surface area contributed by atoms with Crippen LogP contribution < -0.4 is 0 Å². The fraction of sp³-hybridized carbons (Fsp3) is 0.600. The number of carbonyl (C=O) groups excluding carboxylic acids is 1. The largest absolute Gasteiger partial charge is 0.364 e. The Morgan fingerprint density at radius 2 is 2.53 bits per heavy atom. The average Bonchev–Trinajstić information content (AvgIpc) is 2.81. The van der Waals surface area contributed by atoms with Gasteiger partial charge in [0.2, 0.25) is 0 Å². The van der Waals surface area contributed by atoms with Gasteiger partial charge in [-0.05, 0) is 19.3 Å². The number of hydrogen-bond acceptors (Lipinski definition) is 3. The minimum atomic E-state index is -0.0205. The molecule has 82 valence electrons. The van der Waals surface area contributed by atoms with Crippen LogP contribution in [0.2, 0.25) is 0 Å². The molecule has 1 aliphatic rings. The third kappa shape index (κ3) is 2.22. The third-order valence-corrected chi connectivity index (χ3v) is 3.47. The molecule has 5 heteroatoms. The van der Waals surface area contributed by atoms with Crippen LogP contribution in [0.1, 0.15) is 29.8 Å². The minimum absolute atomic E-state index is 0.0205. The van der Waals surface area contributed by atoms with Gasteiger partial charge in [0, 0.05) is 24.0 Å². The van der Waals surface area contributed by atoms with E-state index in [-0.39, 0.29) is 5.91 Å². The Hall–Kier alpha value is -0.840. The maximum absolute atomic E-state index is 12.0. The van der Waals surface area contributed by atoms with Crippen LogP contribution in [0.5, 0.6) is 0 Å². The van der Waals surface area contributed by atoms with Crippen LogP contribution in [0, 0.1) is 0 Å². The fourth-order valence-corrected chi connectivity index (χ4v) is 2.57. The number of likely N-dealkylation sites (tertiary alicyclic amines) is 1. The van der Waals surface area contributed by atoms with Gasteiger partial charge in [0.1, 0.15) is 6.26 Å². The Morgan fingerprint density at radius 3 is 3.20 bits per heavy atom. The van der Waals surface area contributed by atoms with Crippen LogP contribution >= 0.6 is 15.9 Å². The lowest BCUT2D eigenvalue weighted by atomic mass is 10.0. The van der Waals surface area contributed by atoms with Gasteiger partial charge in [-0.15, -0.1) is 0 Å². The molecule has 0 bridgehead atoms. The first kappa shape index (κ1) is 10.7. The van der Waals surface area contributed by atoms with Gasteiger partial charge in [0.25, 0.3) is 5.91 Å². The first-order valence-electron chi connectivity index (χ1n) is 5.10. The summed E-state index contributed by atoms with van der Waals surface area (Å²) in [6, 6.07) is 1.91. The smallest absolute Gasteiger partial charge is 0.276 e. The van der Waals surface area contributed by atoms with E-state index >= 15 is 0 Å². The van der Waals surface area contributed by atoms with Crippen molar-refractivity contribution in [3.63, 3.8) is 0 Å². The summed E-state index contributed by atoms with van der Waals surface area (Å²) in [5, 5.41) is 4.51. The van der Waals surface area contributed by atoms with E-state index in [1.807, 2.05) is 4.90 Å². The second kappa shape index (κ2) is 4.79. The van der Waals surface area contributed by atoms with Gasteiger partial charge in [0.15, 0.2) is 5.69 Å². The molecule has 2 heterocycles. The van der Waals surface area contributed by atoms with Gasteiger partial charge in [-0.3, -0.25) is 4.79 Å². The first-order chi connectivity index (χ1) is 7.33. The molecule has 1 amide bonds. The molecule has 0 N–H and O–H groups in total. The van der Waals surface area contributed by atoms with E-state index < -0.39 is 0 Å². The van der Waals surface area contributed by atoms with E-state index in [4.69, 9.17) is 0 Å². The summed E-state index contributed by atoms with van der Waals surface area (Å²) in [4.78, 5) is 13.9. The highest BCUT2D eigenvalue weighted by atomic mass is 79.9. The van der Waals surface area contributed by atoms with Crippen LogP contribution in [0.4, 0.5) is 0 Å². The number of hydrogen-bond donors (Lipinski definition) is 0. The van der Waals surface area contributed by atoms with Gasteiger partial charge in [-0.25, -0.2) is 0 Å². The molecule has 1 unspecified atom stereocenters. The number of amides is 1. The number of nitrogens with zero attached hydrogens (tertiary/aromatic N) is 2. The molecule has 15 heavy (non-hydrogen) atoms. The molecule has 1 saturated heterocycles. The Labute approximate surface area is 96.7 Å². The van der Waals surface area contributed by atoms with Gasteiger partial charge >= 0.3 is 0 Å². The molecular formula is C10H13BrN2O2. The number of halogens is 1. The Balaban J connectivity index is 2.11. The summed E-state index contributed by atoms with van der Waals surface area (Å²) in [7, 11) is 0. The van der Waals surface area contributed by atoms with Gasteiger partial charge in [-0.2, -0.15) is 0 Å². The molecule has 1 aromatic heterocycles. The molecule has 1 aliphatic heterocycles. The van der Waals surface area contributed by atoms with Crippen molar-refractivity contribution in [2.75, 3.05) is 11.9 Å². The van der Waals surface area contributed by atoms with E-state index in [2.05, 4.69) is 25.6 Å². The van der Waals surface area contributed by atoms with Crippen molar-refractivity contribution in [2.24, 2.45) is 0 Å². The lowest BCUT2D eigenvalue weighted by Crippen LogP contribution is -2.44. The highest BCUT2D eigenvalue weighted by molar-refractivity contribution is 9.09. The summed E-state index contributed by atoms with van der Waals surface area (Å²) in [5.41, 5.74) is 0.405. The predicted molar refractivity (Wildman–Crippen MR) is 59.0 cm³/mol. The third-order valence-electron chi connectivity index (χ3n) is 2.72. The molecule has 0 radical (unpaired) electrons. The maximum atomic E-state index is 12.0. The number of carbonyl (C=O) groups is 1. The quantitative estimate of drug-likeness (QED) is 0.775. The SMILES string of the molecule is O=C(c1ccon1)N1CCCCC1CBr. The first-order valence-corrected chi connectivity index (χ1v) is 6.22. The van der Waals surface area contributed by atoms with Crippen molar-refractivity contribution >= 4 is 21.8 Å². The lowest BCUT2D eigenvalue weighted by molar-refractivity contribution is 0.0631. The summed E-state index contributed by atoms with van der Waals surface area (Å²) >= 11 is 3.45. The van der Waals surface area contributed by atoms with Crippen LogP contribution in [-0.4, -0.2) is 33.9 Å². The zero-order chi connectivity index (χ0) is 10.7. The molecule has 1 aromatic rings.